The number of carbonyl (C=O) groups excluding carboxylic acids is 1. The number of para-hydroxylation sites is 1. The fraction of sp³-hybridized carbons (Fsp3) is 0.364. The predicted octanol–water partition coefficient (Wildman–Crippen LogP) is 1.27. The molecule has 0 aliphatic carbocycles. The zero-order chi connectivity index (χ0) is 20.9. The number of rotatable bonds is 6. The molecule has 8 heteroatoms. The maximum absolute atomic E-state index is 12.7. The lowest BCUT2D eigenvalue weighted by molar-refractivity contribution is 0.0953. The van der Waals surface area contributed by atoms with Crippen LogP contribution in [-0.4, -0.2) is 64.6 Å². The van der Waals surface area contributed by atoms with Crippen LogP contribution in [0.4, 0.5) is 5.95 Å². The summed E-state index contributed by atoms with van der Waals surface area (Å²) in [6.45, 7) is 5.19. The summed E-state index contributed by atoms with van der Waals surface area (Å²) >= 11 is 0. The number of nitrogens with one attached hydrogen (secondary N) is 1. The Bertz CT molecular complexity index is 1070. The highest BCUT2D eigenvalue weighted by molar-refractivity contribution is 6.06. The average molecular weight is 406 g/mol. The first-order valence-corrected chi connectivity index (χ1v) is 10.2. The monoisotopic (exact) mass is 406 g/mol. The second-order valence-corrected chi connectivity index (χ2v) is 7.46. The topological polar surface area (TPSA) is 83.4 Å². The normalized spacial score (nSPS) is 14.8. The number of pyridine rings is 1. The molecule has 0 spiro atoms. The largest absolute Gasteiger partial charge is 0.352 e. The molecular weight excluding hydrogens is 380 g/mol. The van der Waals surface area contributed by atoms with Gasteiger partial charge in [-0.15, -0.1) is 0 Å². The summed E-state index contributed by atoms with van der Waals surface area (Å²) in [5, 5.41) is 3.76. The van der Waals surface area contributed by atoms with E-state index >= 15 is 0 Å². The van der Waals surface area contributed by atoms with Gasteiger partial charge in [0.15, 0.2) is 0 Å². The van der Waals surface area contributed by atoms with Crippen LogP contribution in [0.1, 0.15) is 16.8 Å². The molecule has 1 saturated heterocycles. The number of carbonyl (C=O) groups is 1. The third kappa shape index (κ3) is 4.33. The molecule has 8 nitrogen and oxygen atoms in total. The Hall–Kier alpha value is -3.26. The minimum Gasteiger partial charge on any atom is -0.352 e. The number of hydrogen-bond acceptors (Lipinski definition) is 6. The molecule has 4 rings (SSSR count). The van der Waals surface area contributed by atoms with Crippen molar-refractivity contribution in [3.8, 4) is 0 Å². The van der Waals surface area contributed by atoms with E-state index in [1.165, 1.54) is 6.07 Å². The van der Waals surface area contributed by atoms with Gasteiger partial charge >= 0.3 is 0 Å². The second kappa shape index (κ2) is 9.04. The molecule has 0 unspecified atom stereocenters. The summed E-state index contributed by atoms with van der Waals surface area (Å²) in [7, 11) is 1.72. The van der Waals surface area contributed by atoms with E-state index in [0.717, 1.165) is 56.0 Å². The van der Waals surface area contributed by atoms with E-state index in [2.05, 4.69) is 25.1 Å². The zero-order valence-corrected chi connectivity index (χ0v) is 17.1. The lowest BCUT2D eigenvalue weighted by Gasteiger charge is -2.34. The Kier molecular flexibility index (Phi) is 6.04. The second-order valence-electron chi connectivity index (χ2n) is 7.46. The van der Waals surface area contributed by atoms with Gasteiger partial charge in [0.05, 0.1) is 11.1 Å². The molecule has 2 aromatic heterocycles. The highest BCUT2D eigenvalue weighted by atomic mass is 16.2. The van der Waals surface area contributed by atoms with Crippen LogP contribution in [0.3, 0.4) is 0 Å². The lowest BCUT2D eigenvalue weighted by Crippen LogP contribution is -2.47. The van der Waals surface area contributed by atoms with Crippen LogP contribution in [-0.2, 0) is 7.05 Å². The molecule has 30 heavy (non-hydrogen) atoms. The summed E-state index contributed by atoms with van der Waals surface area (Å²) in [5.41, 5.74) is 1.01. The summed E-state index contributed by atoms with van der Waals surface area (Å²) < 4.78 is 1.56. The highest BCUT2D eigenvalue weighted by Gasteiger charge is 2.18. The molecule has 0 atom stereocenters. The molecule has 1 fully saturated rings. The van der Waals surface area contributed by atoms with Crippen molar-refractivity contribution in [2.24, 2.45) is 7.05 Å². The lowest BCUT2D eigenvalue weighted by atomic mass is 10.1. The van der Waals surface area contributed by atoms with Gasteiger partial charge in [0.25, 0.3) is 11.5 Å². The molecule has 0 radical (unpaired) electrons. The highest BCUT2D eigenvalue weighted by Crippen LogP contribution is 2.16. The van der Waals surface area contributed by atoms with Crippen LogP contribution in [0.5, 0.6) is 0 Å². The van der Waals surface area contributed by atoms with Crippen LogP contribution in [0, 0.1) is 0 Å². The quantitative estimate of drug-likeness (QED) is 0.621. The summed E-state index contributed by atoms with van der Waals surface area (Å²) in [6.07, 6.45) is 4.39. The number of aryl methyl sites for hydroxylation is 1. The van der Waals surface area contributed by atoms with Gasteiger partial charge in [0, 0.05) is 63.6 Å². The van der Waals surface area contributed by atoms with Crippen LogP contribution >= 0.6 is 0 Å². The number of anilines is 1. The molecule has 1 amide bonds. The molecule has 3 aromatic rings. The predicted molar refractivity (Wildman–Crippen MR) is 117 cm³/mol. The van der Waals surface area contributed by atoms with Gasteiger partial charge in [-0.25, -0.2) is 9.97 Å². The summed E-state index contributed by atoms with van der Waals surface area (Å²) in [6, 6.07) is 10.7. The van der Waals surface area contributed by atoms with Crippen LogP contribution in [0.25, 0.3) is 10.9 Å². The molecule has 3 heterocycles. The van der Waals surface area contributed by atoms with Crippen molar-refractivity contribution < 1.29 is 4.79 Å². The van der Waals surface area contributed by atoms with Gasteiger partial charge in [-0.2, -0.15) is 0 Å². The fourth-order valence-electron chi connectivity index (χ4n) is 3.82. The van der Waals surface area contributed by atoms with Crippen molar-refractivity contribution in [2.45, 2.75) is 6.42 Å². The van der Waals surface area contributed by atoms with Crippen LogP contribution in [0.2, 0.25) is 0 Å². The summed E-state index contributed by atoms with van der Waals surface area (Å²) in [5.74, 6) is 0.584. The van der Waals surface area contributed by atoms with E-state index in [9.17, 15) is 9.59 Å². The number of piperazine rings is 1. The number of amides is 1. The van der Waals surface area contributed by atoms with Gasteiger partial charge in [0.1, 0.15) is 0 Å². The SMILES string of the molecule is Cn1c(=O)cc(C(=O)NCCCN2CCN(c3ncccn3)CC2)c2ccccc21. The average Bonchev–Trinajstić information content (AvgIpc) is 2.80. The Labute approximate surface area is 175 Å². The van der Waals surface area contributed by atoms with Gasteiger partial charge in [-0.05, 0) is 25.1 Å². The van der Waals surface area contributed by atoms with Gasteiger partial charge in [0.2, 0.25) is 5.95 Å². The van der Waals surface area contributed by atoms with E-state index in [-0.39, 0.29) is 11.5 Å². The zero-order valence-electron chi connectivity index (χ0n) is 17.1. The van der Waals surface area contributed by atoms with E-state index in [1.807, 2.05) is 30.3 Å². The molecule has 156 valence electrons. The van der Waals surface area contributed by atoms with Crippen molar-refractivity contribution in [3.63, 3.8) is 0 Å². The van der Waals surface area contributed by atoms with Crippen LogP contribution in [0.15, 0.2) is 53.6 Å². The maximum atomic E-state index is 12.7. The molecule has 1 aliphatic rings. The maximum Gasteiger partial charge on any atom is 0.252 e. The molecule has 0 bridgehead atoms. The third-order valence-electron chi connectivity index (χ3n) is 5.54. The number of benzene rings is 1. The first kappa shape index (κ1) is 20.0. The van der Waals surface area contributed by atoms with Crippen molar-refractivity contribution in [3.05, 3.63) is 64.7 Å². The third-order valence-corrected chi connectivity index (χ3v) is 5.54. The number of hydrogen-bond donors (Lipinski definition) is 1. The first-order chi connectivity index (χ1) is 14.6. The Morgan fingerprint density at radius 2 is 1.80 bits per heavy atom. The standard InChI is InChI=1S/C22H26N6O2/c1-26-19-7-3-2-6-17(19)18(16-20(26)29)21(30)23-10-5-11-27-12-14-28(15-13-27)22-24-8-4-9-25-22/h2-4,6-9,16H,5,10-15H2,1H3,(H,23,30). The van der Waals surface area contributed by atoms with Crippen molar-refractivity contribution in [1.82, 2.24) is 24.8 Å². The number of aromatic nitrogens is 3. The molecule has 1 aromatic carbocycles. The van der Waals surface area contributed by atoms with Crippen molar-refractivity contribution in [1.29, 1.82) is 0 Å². The van der Waals surface area contributed by atoms with Gasteiger partial charge < -0.3 is 14.8 Å². The molecular formula is C22H26N6O2. The Balaban J connectivity index is 1.27. The summed E-state index contributed by atoms with van der Waals surface area (Å²) in [4.78, 5) is 38.1. The first-order valence-electron chi connectivity index (χ1n) is 10.2. The van der Waals surface area contributed by atoms with Crippen molar-refractivity contribution >= 4 is 22.8 Å². The van der Waals surface area contributed by atoms with E-state index in [0.29, 0.717) is 12.1 Å². The number of fused-ring (bicyclic) bond motifs is 1. The number of nitrogens with zero attached hydrogens (tertiary/aromatic N) is 5. The van der Waals surface area contributed by atoms with E-state index in [4.69, 9.17) is 0 Å². The molecule has 0 saturated carbocycles. The van der Waals surface area contributed by atoms with Crippen molar-refractivity contribution in [2.75, 3.05) is 44.2 Å². The van der Waals surface area contributed by atoms with Gasteiger partial charge in [-0.3, -0.25) is 14.5 Å². The minimum atomic E-state index is -0.199. The fourth-order valence-corrected chi connectivity index (χ4v) is 3.82. The Morgan fingerprint density at radius 1 is 1.07 bits per heavy atom. The van der Waals surface area contributed by atoms with E-state index in [1.54, 1.807) is 24.0 Å². The van der Waals surface area contributed by atoms with E-state index < -0.39 is 0 Å². The molecule has 1 aliphatic heterocycles. The minimum absolute atomic E-state index is 0.181. The van der Waals surface area contributed by atoms with Crippen LogP contribution < -0.4 is 15.8 Å². The smallest absolute Gasteiger partial charge is 0.252 e. The molecule has 1 N–H and O–H groups in total. The van der Waals surface area contributed by atoms with Gasteiger partial charge in [-0.1, -0.05) is 18.2 Å². The Morgan fingerprint density at radius 3 is 2.57 bits per heavy atom.